The van der Waals surface area contributed by atoms with Crippen molar-refractivity contribution in [3.05, 3.63) is 29.3 Å². The first-order chi connectivity index (χ1) is 8.75. The molecule has 0 bridgehead atoms. The topological polar surface area (TPSA) is 46.5 Å². The van der Waals surface area contributed by atoms with Crippen LogP contribution in [0.5, 0.6) is 0 Å². The lowest BCUT2D eigenvalue weighted by Gasteiger charge is -2.11. The van der Waals surface area contributed by atoms with Crippen molar-refractivity contribution in [1.82, 2.24) is 0 Å². The molecule has 0 aromatic heterocycles. The van der Waals surface area contributed by atoms with Crippen LogP contribution in [0.15, 0.2) is 23.1 Å². The van der Waals surface area contributed by atoms with E-state index in [2.05, 4.69) is 0 Å². The highest BCUT2D eigenvalue weighted by Gasteiger charge is 2.31. The molecule has 0 saturated carbocycles. The molecular formula is C11H9F3O3S2. The predicted octanol–water partition coefficient (Wildman–Crippen LogP) is 3.82. The number of thiocarbonyl (C=S) groups is 1. The molecular weight excluding hydrogens is 301 g/mol. The van der Waals surface area contributed by atoms with Crippen molar-refractivity contribution in [3.63, 3.8) is 0 Å². The van der Waals surface area contributed by atoms with Gasteiger partial charge in [-0.05, 0) is 49.1 Å². The summed E-state index contributed by atoms with van der Waals surface area (Å²) in [6, 6.07) is 2.37. The first kappa shape index (κ1) is 15.8. The Balaban J connectivity index is 3.16. The highest BCUT2D eigenvalue weighted by molar-refractivity contribution is 8.22. The number of alkyl halides is 3. The number of carbonyl (C=O) groups is 1. The molecule has 0 amide bonds. The van der Waals surface area contributed by atoms with Crippen molar-refractivity contribution in [1.29, 1.82) is 0 Å². The van der Waals surface area contributed by atoms with Gasteiger partial charge in [0, 0.05) is 4.90 Å². The molecule has 1 aromatic rings. The Morgan fingerprint density at radius 3 is 2.58 bits per heavy atom. The lowest BCUT2D eigenvalue weighted by molar-refractivity contribution is -0.137. The number of carboxylic acids is 1. The molecule has 0 aliphatic rings. The summed E-state index contributed by atoms with van der Waals surface area (Å²) in [7, 11) is 0. The predicted molar refractivity (Wildman–Crippen MR) is 68.5 cm³/mol. The Kier molecular flexibility index (Phi) is 5.19. The van der Waals surface area contributed by atoms with Gasteiger partial charge in [-0.1, -0.05) is 0 Å². The standard InChI is InChI=1S/C11H9F3O3S2/c1-2-17-10(18)19-8-5-6(11(12,13)14)3-4-7(8)9(15)16/h3-5H,2H2,1H3,(H,15,16). The van der Waals surface area contributed by atoms with Crippen molar-refractivity contribution >= 4 is 34.3 Å². The first-order valence-corrected chi connectivity index (χ1v) is 6.27. The minimum Gasteiger partial charge on any atom is -0.479 e. The zero-order valence-electron chi connectivity index (χ0n) is 9.65. The Labute approximate surface area is 116 Å². The second kappa shape index (κ2) is 6.25. The van der Waals surface area contributed by atoms with Crippen molar-refractivity contribution in [3.8, 4) is 0 Å². The monoisotopic (exact) mass is 310 g/mol. The summed E-state index contributed by atoms with van der Waals surface area (Å²) in [6.07, 6.45) is -4.54. The van der Waals surface area contributed by atoms with E-state index in [0.29, 0.717) is 11.8 Å². The van der Waals surface area contributed by atoms with Gasteiger partial charge in [-0.2, -0.15) is 13.2 Å². The van der Waals surface area contributed by atoms with Gasteiger partial charge >= 0.3 is 12.1 Å². The third-order valence-electron chi connectivity index (χ3n) is 1.99. The van der Waals surface area contributed by atoms with Gasteiger partial charge in [-0.3, -0.25) is 0 Å². The van der Waals surface area contributed by atoms with Crippen molar-refractivity contribution in [2.75, 3.05) is 6.61 Å². The summed E-state index contributed by atoms with van der Waals surface area (Å²) >= 11 is 5.47. The average Bonchev–Trinajstić information content (AvgIpc) is 2.27. The van der Waals surface area contributed by atoms with E-state index in [9.17, 15) is 18.0 Å². The van der Waals surface area contributed by atoms with Gasteiger partial charge in [0.25, 0.3) is 0 Å². The van der Waals surface area contributed by atoms with Crippen LogP contribution in [0.3, 0.4) is 0 Å². The minimum atomic E-state index is -4.54. The fraction of sp³-hybridized carbons (Fsp3) is 0.273. The second-order valence-electron chi connectivity index (χ2n) is 3.30. The molecule has 0 fully saturated rings. The van der Waals surface area contributed by atoms with Crippen LogP contribution in [0.1, 0.15) is 22.8 Å². The Morgan fingerprint density at radius 2 is 2.11 bits per heavy atom. The number of rotatable bonds is 3. The fourth-order valence-electron chi connectivity index (χ4n) is 1.20. The van der Waals surface area contributed by atoms with Gasteiger partial charge in [-0.25, -0.2) is 4.79 Å². The molecule has 1 N–H and O–H groups in total. The number of hydrogen-bond acceptors (Lipinski definition) is 4. The van der Waals surface area contributed by atoms with E-state index in [0.717, 1.165) is 18.2 Å². The van der Waals surface area contributed by atoms with Crippen LogP contribution in [0.25, 0.3) is 0 Å². The van der Waals surface area contributed by atoms with Gasteiger partial charge in [0.15, 0.2) is 0 Å². The largest absolute Gasteiger partial charge is 0.479 e. The number of aromatic carboxylic acids is 1. The summed E-state index contributed by atoms with van der Waals surface area (Å²) in [6.45, 7) is 1.92. The summed E-state index contributed by atoms with van der Waals surface area (Å²) in [5.41, 5.74) is -1.18. The van der Waals surface area contributed by atoms with Crippen LogP contribution in [0.4, 0.5) is 13.2 Å². The lowest BCUT2D eigenvalue weighted by atomic mass is 10.1. The maximum Gasteiger partial charge on any atom is 0.416 e. The normalized spacial score (nSPS) is 11.2. The lowest BCUT2D eigenvalue weighted by Crippen LogP contribution is -2.08. The third-order valence-corrected chi connectivity index (χ3v) is 3.20. The highest BCUT2D eigenvalue weighted by Crippen LogP contribution is 2.34. The van der Waals surface area contributed by atoms with E-state index in [-0.39, 0.29) is 21.4 Å². The summed E-state index contributed by atoms with van der Waals surface area (Å²) in [5, 5.41) is 8.92. The Hall–Kier alpha value is -1.28. The number of hydrogen-bond donors (Lipinski definition) is 1. The molecule has 19 heavy (non-hydrogen) atoms. The zero-order valence-corrected chi connectivity index (χ0v) is 11.3. The number of thioether (sulfide) groups is 1. The van der Waals surface area contributed by atoms with Crippen LogP contribution < -0.4 is 0 Å². The molecule has 0 spiro atoms. The third kappa shape index (κ3) is 4.39. The molecule has 104 valence electrons. The van der Waals surface area contributed by atoms with Crippen LogP contribution in [-0.2, 0) is 10.9 Å². The molecule has 0 aliphatic heterocycles. The SMILES string of the molecule is CCOC(=S)Sc1cc(C(F)(F)F)ccc1C(=O)O. The van der Waals surface area contributed by atoms with E-state index in [1.54, 1.807) is 6.92 Å². The van der Waals surface area contributed by atoms with Crippen LogP contribution in [-0.4, -0.2) is 22.1 Å². The molecule has 0 atom stereocenters. The first-order valence-electron chi connectivity index (χ1n) is 5.04. The van der Waals surface area contributed by atoms with Crippen molar-refractivity contribution in [2.24, 2.45) is 0 Å². The van der Waals surface area contributed by atoms with E-state index < -0.39 is 17.7 Å². The van der Waals surface area contributed by atoms with Crippen LogP contribution in [0.2, 0.25) is 0 Å². The van der Waals surface area contributed by atoms with E-state index in [4.69, 9.17) is 22.1 Å². The fourth-order valence-corrected chi connectivity index (χ4v) is 2.39. The molecule has 8 heteroatoms. The number of halogens is 3. The molecule has 0 saturated heterocycles. The van der Waals surface area contributed by atoms with Gasteiger partial charge in [0.1, 0.15) is 0 Å². The van der Waals surface area contributed by atoms with Crippen LogP contribution >= 0.6 is 24.0 Å². The van der Waals surface area contributed by atoms with Crippen molar-refractivity contribution in [2.45, 2.75) is 18.0 Å². The quantitative estimate of drug-likeness (QED) is 0.679. The van der Waals surface area contributed by atoms with Gasteiger partial charge in [-0.15, -0.1) is 0 Å². The molecule has 0 radical (unpaired) electrons. The minimum absolute atomic E-state index is 0.0238. The zero-order chi connectivity index (χ0) is 14.6. The summed E-state index contributed by atoms with van der Waals surface area (Å²) in [4.78, 5) is 10.8. The van der Waals surface area contributed by atoms with Crippen LogP contribution in [0, 0.1) is 0 Å². The smallest absolute Gasteiger partial charge is 0.416 e. The Bertz CT molecular complexity index is 500. The van der Waals surface area contributed by atoms with E-state index in [1.165, 1.54) is 0 Å². The Morgan fingerprint density at radius 1 is 1.47 bits per heavy atom. The molecule has 3 nitrogen and oxygen atoms in total. The number of ether oxygens (including phenoxy) is 1. The molecule has 0 unspecified atom stereocenters. The molecule has 1 aromatic carbocycles. The molecule has 0 heterocycles. The molecule has 0 aliphatic carbocycles. The maximum atomic E-state index is 12.6. The van der Waals surface area contributed by atoms with Gasteiger partial charge in [0.2, 0.25) is 4.38 Å². The number of benzene rings is 1. The van der Waals surface area contributed by atoms with E-state index >= 15 is 0 Å². The number of carboxylic acid groups (broad SMARTS) is 1. The van der Waals surface area contributed by atoms with Gasteiger partial charge < -0.3 is 9.84 Å². The average molecular weight is 310 g/mol. The van der Waals surface area contributed by atoms with Crippen molar-refractivity contribution < 1.29 is 27.8 Å². The highest BCUT2D eigenvalue weighted by atomic mass is 32.2. The maximum absolute atomic E-state index is 12.6. The summed E-state index contributed by atoms with van der Waals surface area (Å²) < 4.78 is 42.6. The molecule has 1 rings (SSSR count). The van der Waals surface area contributed by atoms with E-state index in [1.807, 2.05) is 0 Å². The van der Waals surface area contributed by atoms with Gasteiger partial charge in [0.05, 0.1) is 17.7 Å². The summed E-state index contributed by atoms with van der Waals surface area (Å²) in [5.74, 6) is -1.32. The second-order valence-corrected chi connectivity index (χ2v) is 4.94.